The van der Waals surface area contributed by atoms with E-state index in [9.17, 15) is 0 Å². The molecule has 3 unspecified atom stereocenters. The summed E-state index contributed by atoms with van der Waals surface area (Å²) in [6.45, 7) is 8.62. The Hall–Kier alpha value is -3.02. The number of hydrogen-bond acceptors (Lipinski definition) is 5. The summed E-state index contributed by atoms with van der Waals surface area (Å²) in [5, 5.41) is 0. The molecule has 3 atom stereocenters. The third kappa shape index (κ3) is 3.24. The molecule has 5 heteroatoms. The third-order valence-electron chi connectivity index (χ3n) is 7.26. The standard InChI is InChI=1S/C27H29N3O2/c1-16-4-7-19(8-5-16)13-30-14-22-26(20-9-6-17(2)18(3)10-20)28-29-27(22)21-11-24-25(12-23(21)30)32-15-31-24/h4-12,22,26-29H,13-15H2,1-3H3. The summed E-state index contributed by atoms with van der Waals surface area (Å²) in [5.74, 6) is 2.08. The predicted octanol–water partition coefficient (Wildman–Crippen LogP) is 4.87. The summed E-state index contributed by atoms with van der Waals surface area (Å²) in [7, 11) is 0. The lowest BCUT2D eigenvalue weighted by molar-refractivity contribution is 0.174. The quantitative estimate of drug-likeness (QED) is 0.625. The number of ether oxygens (including phenoxy) is 2. The number of hydrogen-bond donors (Lipinski definition) is 2. The van der Waals surface area contributed by atoms with Gasteiger partial charge in [0.25, 0.3) is 0 Å². The Bertz CT molecular complexity index is 1170. The minimum Gasteiger partial charge on any atom is -0.454 e. The van der Waals surface area contributed by atoms with Crippen molar-refractivity contribution in [3.63, 3.8) is 0 Å². The summed E-state index contributed by atoms with van der Waals surface area (Å²) in [6.07, 6.45) is 0. The Morgan fingerprint density at radius 3 is 2.38 bits per heavy atom. The van der Waals surface area contributed by atoms with Gasteiger partial charge in [0, 0.05) is 30.8 Å². The van der Waals surface area contributed by atoms with Crippen LogP contribution in [0.15, 0.2) is 54.6 Å². The zero-order valence-electron chi connectivity index (χ0n) is 18.8. The molecule has 3 aliphatic heterocycles. The van der Waals surface area contributed by atoms with Crippen molar-refractivity contribution in [2.24, 2.45) is 5.92 Å². The fourth-order valence-corrected chi connectivity index (χ4v) is 5.28. The van der Waals surface area contributed by atoms with E-state index in [1.165, 1.54) is 39.1 Å². The lowest BCUT2D eigenvalue weighted by atomic mass is 9.81. The van der Waals surface area contributed by atoms with Gasteiger partial charge in [-0.15, -0.1) is 0 Å². The maximum atomic E-state index is 5.73. The topological polar surface area (TPSA) is 45.8 Å². The highest BCUT2D eigenvalue weighted by molar-refractivity contribution is 5.66. The van der Waals surface area contributed by atoms with Crippen LogP contribution >= 0.6 is 0 Å². The number of nitrogens with one attached hydrogen (secondary N) is 2. The van der Waals surface area contributed by atoms with Gasteiger partial charge in [0.2, 0.25) is 6.79 Å². The van der Waals surface area contributed by atoms with E-state index in [2.05, 4.69) is 91.1 Å². The smallest absolute Gasteiger partial charge is 0.231 e. The first-order valence-corrected chi connectivity index (χ1v) is 11.4. The number of rotatable bonds is 3. The van der Waals surface area contributed by atoms with Gasteiger partial charge in [0.05, 0.1) is 12.1 Å². The number of anilines is 1. The van der Waals surface area contributed by atoms with Gasteiger partial charge < -0.3 is 14.4 Å². The van der Waals surface area contributed by atoms with Gasteiger partial charge in [-0.25, -0.2) is 10.9 Å². The number of hydrazine groups is 1. The monoisotopic (exact) mass is 427 g/mol. The Morgan fingerprint density at radius 1 is 0.844 bits per heavy atom. The number of nitrogens with zero attached hydrogens (tertiary/aromatic N) is 1. The maximum absolute atomic E-state index is 5.73. The van der Waals surface area contributed by atoms with Crippen LogP contribution in [-0.2, 0) is 6.54 Å². The molecule has 0 spiro atoms. The molecular formula is C27H29N3O2. The molecule has 3 aromatic rings. The minimum atomic E-state index is 0.223. The van der Waals surface area contributed by atoms with Gasteiger partial charge >= 0.3 is 0 Å². The van der Waals surface area contributed by atoms with E-state index in [0.29, 0.717) is 12.7 Å². The first kappa shape index (κ1) is 19.6. The van der Waals surface area contributed by atoms with Crippen molar-refractivity contribution >= 4 is 5.69 Å². The summed E-state index contributed by atoms with van der Waals surface area (Å²) >= 11 is 0. The molecule has 32 heavy (non-hydrogen) atoms. The third-order valence-corrected chi connectivity index (χ3v) is 7.26. The Morgan fingerprint density at radius 2 is 1.59 bits per heavy atom. The molecule has 2 N–H and O–H groups in total. The van der Waals surface area contributed by atoms with Crippen molar-refractivity contribution in [2.45, 2.75) is 39.4 Å². The van der Waals surface area contributed by atoms with Crippen molar-refractivity contribution < 1.29 is 9.47 Å². The fraction of sp³-hybridized carbons (Fsp3) is 0.333. The molecule has 5 nitrogen and oxygen atoms in total. The van der Waals surface area contributed by atoms with Crippen molar-refractivity contribution in [2.75, 3.05) is 18.2 Å². The molecule has 0 aromatic heterocycles. The highest BCUT2D eigenvalue weighted by Gasteiger charge is 2.44. The number of fused-ring (bicyclic) bond motifs is 4. The normalized spacial score (nSPS) is 23.2. The number of benzene rings is 3. The molecule has 0 aliphatic carbocycles. The summed E-state index contributed by atoms with van der Waals surface area (Å²) in [5.41, 5.74) is 16.3. The van der Waals surface area contributed by atoms with Crippen molar-refractivity contribution in [1.82, 2.24) is 10.9 Å². The van der Waals surface area contributed by atoms with E-state index in [-0.39, 0.29) is 12.1 Å². The summed E-state index contributed by atoms with van der Waals surface area (Å²) in [4.78, 5) is 2.51. The van der Waals surface area contributed by atoms with Crippen LogP contribution in [0.4, 0.5) is 5.69 Å². The molecule has 0 amide bonds. The summed E-state index contributed by atoms with van der Waals surface area (Å²) < 4.78 is 11.5. The first-order chi connectivity index (χ1) is 15.6. The van der Waals surface area contributed by atoms with Crippen molar-refractivity contribution in [3.8, 4) is 11.5 Å². The zero-order valence-corrected chi connectivity index (χ0v) is 18.8. The van der Waals surface area contributed by atoms with Gasteiger partial charge in [0.1, 0.15) is 0 Å². The van der Waals surface area contributed by atoms with Gasteiger partial charge in [-0.2, -0.15) is 0 Å². The van der Waals surface area contributed by atoms with E-state index in [4.69, 9.17) is 9.47 Å². The second kappa shape index (κ2) is 7.54. The van der Waals surface area contributed by atoms with Crippen LogP contribution in [0.1, 0.15) is 45.5 Å². The van der Waals surface area contributed by atoms with Crippen molar-refractivity contribution in [1.29, 1.82) is 0 Å². The first-order valence-electron chi connectivity index (χ1n) is 11.4. The molecule has 0 saturated carbocycles. The molecule has 3 aliphatic rings. The molecule has 0 radical (unpaired) electrons. The Balaban J connectivity index is 1.40. The van der Waals surface area contributed by atoms with Crippen LogP contribution in [0.5, 0.6) is 11.5 Å². The molecule has 3 heterocycles. The molecule has 1 fully saturated rings. The maximum Gasteiger partial charge on any atom is 0.231 e. The largest absolute Gasteiger partial charge is 0.454 e. The van der Waals surface area contributed by atoms with E-state index in [1.54, 1.807) is 0 Å². The predicted molar refractivity (Wildman–Crippen MR) is 126 cm³/mol. The molecule has 1 saturated heterocycles. The molecular weight excluding hydrogens is 398 g/mol. The minimum absolute atomic E-state index is 0.223. The number of aryl methyl sites for hydroxylation is 3. The Kier molecular flexibility index (Phi) is 4.63. The van der Waals surface area contributed by atoms with Crippen LogP contribution in [0.3, 0.4) is 0 Å². The molecule has 6 rings (SSSR count). The van der Waals surface area contributed by atoms with Gasteiger partial charge in [-0.1, -0.05) is 48.0 Å². The summed E-state index contributed by atoms with van der Waals surface area (Å²) in [6, 6.07) is 20.5. The van der Waals surface area contributed by atoms with Crippen LogP contribution in [0, 0.1) is 26.7 Å². The highest BCUT2D eigenvalue weighted by Crippen LogP contribution is 2.49. The zero-order chi connectivity index (χ0) is 21.8. The SMILES string of the molecule is Cc1ccc(CN2CC3C(c4ccc(C)c(C)c4)NNC3c3cc4c(cc32)OCO4)cc1. The van der Waals surface area contributed by atoms with Gasteiger partial charge in [0.15, 0.2) is 11.5 Å². The lowest BCUT2D eigenvalue weighted by Crippen LogP contribution is -2.39. The second-order valence-corrected chi connectivity index (χ2v) is 9.38. The Labute approximate surface area is 189 Å². The fourth-order valence-electron chi connectivity index (χ4n) is 5.28. The highest BCUT2D eigenvalue weighted by atomic mass is 16.7. The van der Waals surface area contributed by atoms with Gasteiger partial charge in [-0.05, 0) is 54.7 Å². The molecule has 164 valence electrons. The van der Waals surface area contributed by atoms with Gasteiger partial charge in [-0.3, -0.25) is 0 Å². The van der Waals surface area contributed by atoms with E-state index < -0.39 is 0 Å². The van der Waals surface area contributed by atoms with Crippen molar-refractivity contribution in [3.05, 3.63) is 88.0 Å². The van der Waals surface area contributed by atoms with E-state index >= 15 is 0 Å². The van der Waals surface area contributed by atoms with Crippen LogP contribution in [-0.4, -0.2) is 13.3 Å². The second-order valence-electron chi connectivity index (χ2n) is 9.38. The van der Waals surface area contributed by atoms with E-state index in [1.807, 2.05) is 0 Å². The molecule has 3 aromatic carbocycles. The average Bonchev–Trinajstić information content (AvgIpc) is 3.42. The lowest BCUT2D eigenvalue weighted by Gasteiger charge is -2.39. The van der Waals surface area contributed by atoms with Crippen LogP contribution in [0.25, 0.3) is 0 Å². The molecule has 0 bridgehead atoms. The van der Waals surface area contributed by atoms with Crippen LogP contribution in [0.2, 0.25) is 0 Å². The average molecular weight is 428 g/mol. The van der Waals surface area contributed by atoms with E-state index in [0.717, 1.165) is 24.6 Å². The van der Waals surface area contributed by atoms with Crippen LogP contribution < -0.4 is 25.2 Å².